The van der Waals surface area contributed by atoms with E-state index in [9.17, 15) is 4.79 Å². The molecule has 0 spiro atoms. The molecule has 0 aliphatic heterocycles. The van der Waals surface area contributed by atoms with Crippen molar-refractivity contribution in [3.63, 3.8) is 0 Å². The minimum atomic E-state index is -0.0802. The Bertz CT molecular complexity index is 601. The molecule has 0 aliphatic carbocycles. The molecule has 0 aliphatic rings. The zero-order valence-electron chi connectivity index (χ0n) is 10.2. The predicted molar refractivity (Wildman–Crippen MR) is 81.2 cm³/mol. The van der Waals surface area contributed by atoms with Gasteiger partial charge in [0.2, 0.25) is 5.91 Å². The molecule has 0 radical (unpaired) electrons. The van der Waals surface area contributed by atoms with Gasteiger partial charge in [-0.15, -0.1) is 0 Å². The molecule has 0 atom stereocenters. The van der Waals surface area contributed by atoms with Crippen molar-refractivity contribution < 1.29 is 4.79 Å². The average Bonchev–Trinajstić information content (AvgIpc) is 2.34. The zero-order chi connectivity index (χ0) is 13.8. The normalized spacial score (nSPS) is 10.2. The van der Waals surface area contributed by atoms with Crippen molar-refractivity contribution in [3.8, 4) is 0 Å². The van der Waals surface area contributed by atoms with E-state index in [1.165, 1.54) is 18.7 Å². The molecule has 98 valence electrons. The maximum Gasteiger partial charge on any atom is 0.221 e. The van der Waals surface area contributed by atoms with Crippen LogP contribution in [-0.4, -0.2) is 10.9 Å². The largest absolute Gasteiger partial charge is 0.397 e. The summed E-state index contributed by atoms with van der Waals surface area (Å²) in [7, 11) is 0. The highest BCUT2D eigenvalue weighted by atomic mass is 79.9. The fourth-order valence-electron chi connectivity index (χ4n) is 1.44. The monoisotopic (exact) mass is 337 g/mol. The Morgan fingerprint density at radius 3 is 2.63 bits per heavy atom. The van der Waals surface area contributed by atoms with Crippen LogP contribution >= 0.6 is 27.7 Å². The molecule has 2 aromatic rings. The molecule has 0 bridgehead atoms. The molecule has 0 saturated heterocycles. The predicted octanol–water partition coefficient (Wildman–Crippen LogP) is 3.54. The van der Waals surface area contributed by atoms with Crippen LogP contribution in [-0.2, 0) is 4.79 Å². The van der Waals surface area contributed by atoms with Crippen molar-refractivity contribution in [2.75, 3.05) is 11.1 Å². The third-order valence-corrected chi connectivity index (χ3v) is 4.11. The lowest BCUT2D eigenvalue weighted by molar-refractivity contribution is -0.114. The minimum absolute atomic E-state index is 0.0802. The van der Waals surface area contributed by atoms with E-state index in [4.69, 9.17) is 5.73 Å². The number of nitrogens with one attached hydrogen (secondary N) is 1. The average molecular weight is 338 g/mol. The van der Waals surface area contributed by atoms with Gasteiger partial charge in [0, 0.05) is 17.5 Å². The highest BCUT2D eigenvalue weighted by molar-refractivity contribution is 9.10. The maximum atomic E-state index is 10.9. The van der Waals surface area contributed by atoms with Gasteiger partial charge in [-0.1, -0.05) is 11.8 Å². The summed E-state index contributed by atoms with van der Waals surface area (Å²) in [6.07, 6.45) is 1.62. The fraction of sp³-hybridized carbons (Fsp3) is 0.0769. The first-order valence-corrected chi connectivity index (χ1v) is 7.12. The summed E-state index contributed by atoms with van der Waals surface area (Å²) in [6.45, 7) is 1.48. The first kappa shape index (κ1) is 13.9. The molecule has 0 unspecified atom stereocenters. The van der Waals surface area contributed by atoms with Gasteiger partial charge in [-0.25, -0.2) is 4.98 Å². The van der Waals surface area contributed by atoms with E-state index in [0.29, 0.717) is 5.69 Å². The molecule has 0 fully saturated rings. The van der Waals surface area contributed by atoms with Crippen LogP contribution in [0.3, 0.4) is 0 Å². The van der Waals surface area contributed by atoms with Crippen LogP contribution in [0.4, 0.5) is 11.4 Å². The van der Waals surface area contributed by atoms with E-state index in [2.05, 4.69) is 26.2 Å². The van der Waals surface area contributed by atoms with Gasteiger partial charge in [-0.2, -0.15) is 0 Å². The number of nitrogens with two attached hydrogens (primary N) is 1. The van der Waals surface area contributed by atoms with Gasteiger partial charge in [0.05, 0.1) is 16.4 Å². The van der Waals surface area contributed by atoms with Crippen LogP contribution in [0.1, 0.15) is 6.92 Å². The number of halogens is 1. The van der Waals surface area contributed by atoms with Gasteiger partial charge >= 0.3 is 0 Å². The van der Waals surface area contributed by atoms with Crippen molar-refractivity contribution in [3.05, 3.63) is 41.0 Å². The Morgan fingerprint density at radius 2 is 2.05 bits per heavy atom. The van der Waals surface area contributed by atoms with E-state index in [1.54, 1.807) is 6.20 Å². The third kappa shape index (κ3) is 3.97. The third-order valence-electron chi connectivity index (χ3n) is 2.22. The Morgan fingerprint density at radius 1 is 1.37 bits per heavy atom. The molecule has 1 heterocycles. The Balaban J connectivity index is 2.13. The van der Waals surface area contributed by atoms with Crippen molar-refractivity contribution in [1.82, 2.24) is 4.98 Å². The molecule has 6 heteroatoms. The molecule has 3 N–H and O–H groups in total. The van der Waals surface area contributed by atoms with Crippen molar-refractivity contribution in [1.29, 1.82) is 0 Å². The standard InChI is InChI=1S/C13H12BrN3OS/c1-8(18)17-10-2-4-11(5-3-10)19-13-12(14)6-9(15)7-16-13/h2-7H,15H2,1H3,(H,17,18). The number of amides is 1. The van der Waals surface area contributed by atoms with Crippen LogP contribution in [0.2, 0.25) is 0 Å². The van der Waals surface area contributed by atoms with Crippen LogP contribution in [0.15, 0.2) is 50.9 Å². The summed E-state index contributed by atoms with van der Waals surface area (Å²) in [4.78, 5) is 16.2. The lowest BCUT2D eigenvalue weighted by atomic mass is 10.3. The van der Waals surface area contributed by atoms with E-state index < -0.39 is 0 Å². The van der Waals surface area contributed by atoms with Gasteiger partial charge in [-0.05, 0) is 46.3 Å². The van der Waals surface area contributed by atoms with E-state index in [0.717, 1.165) is 20.1 Å². The van der Waals surface area contributed by atoms with Gasteiger partial charge in [0.1, 0.15) is 5.03 Å². The first-order valence-electron chi connectivity index (χ1n) is 5.51. The summed E-state index contributed by atoms with van der Waals surface area (Å²) < 4.78 is 0.864. The highest BCUT2D eigenvalue weighted by Crippen LogP contribution is 2.33. The zero-order valence-corrected chi connectivity index (χ0v) is 12.6. The van der Waals surface area contributed by atoms with E-state index in [1.807, 2.05) is 30.3 Å². The molecular formula is C13H12BrN3OS. The number of anilines is 2. The number of nitrogen functional groups attached to an aromatic ring is 1. The SMILES string of the molecule is CC(=O)Nc1ccc(Sc2ncc(N)cc2Br)cc1. The van der Waals surface area contributed by atoms with E-state index in [-0.39, 0.29) is 5.91 Å². The van der Waals surface area contributed by atoms with Crippen molar-refractivity contribution in [2.45, 2.75) is 16.8 Å². The summed E-state index contributed by atoms with van der Waals surface area (Å²) in [6, 6.07) is 9.39. The van der Waals surface area contributed by atoms with Crippen molar-refractivity contribution >= 4 is 45.0 Å². The number of rotatable bonds is 3. The molecular weight excluding hydrogens is 326 g/mol. The number of pyridine rings is 1. The van der Waals surface area contributed by atoms with Crippen LogP contribution in [0.5, 0.6) is 0 Å². The number of carbonyl (C=O) groups is 1. The number of benzene rings is 1. The molecule has 4 nitrogen and oxygen atoms in total. The summed E-state index contributed by atoms with van der Waals surface area (Å²) in [5, 5.41) is 3.57. The Hall–Kier alpha value is -1.53. The fourth-order valence-corrected chi connectivity index (χ4v) is 2.80. The highest BCUT2D eigenvalue weighted by Gasteiger charge is 2.05. The number of nitrogens with zero attached hydrogens (tertiary/aromatic N) is 1. The van der Waals surface area contributed by atoms with Crippen LogP contribution in [0, 0.1) is 0 Å². The second-order valence-electron chi connectivity index (χ2n) is 3.86. The molecule has 19 heavy (non-hydrogen) atoms. The summed E-state index contributed by atoms with van der Waals surface area (Å²) in [5.74, 6) is -0.0802. The summed E-state index contributed by atoms with van der Waals surface area (Å²) >= 11 is 4.96. The quantitative estimate of drug-likeness (QED) is 0.898. The number of hydrogen-bond acceptors (Lipinski definition) is 4. The lowest BCUT2D eigenvalue weighted by Gasteiger charge is -2.06. The van der Waals surface area contributed by atoms with Crippen LogP contribution in [0.25, 0.3) is 0 Å². The maximum absolute atomic E-state index is 10.9. The Kier molecular flexibility index (Phi) is 4.44. The Labute approximate surface area is 123 Å². The van der Waals surface area contributed by atoms with Crippen LogP contribution < -0.4 is 11.1 Å². The minimum Gasteiger partial charge on any atom is -0.397 e. The molecule has 1 aromatic carbocycles. The second-order valence-corrected chi connectivity index (χ2v) is 5.78. The lowest BCUT2D eigenvalue weighted by Crippen LogP contribution is -2.05. The first-order chi connectivity index (χ1) is 9.04. The number of carbonyl (C=O) groups excluding carboxylic acids is 1. The van der Waals surface area contributed by atoms with Gasteiger partial charge < -0.3 is 11.1 Å². The molecule has 0 saturated carbocycles. The molecule has 1 amide bonds. The van der Waals surface area contributed by atoms with Gasteiger partial charge in [-0.3, -0.25) is 4.79 Å². The van der Waals surface area contributed by atoms with Crippen molar-refractivity contribution in [2.24, 2.45) is 0 Å². The molecule has 1 aromatic heterocycles. The van der Waals surface area contributed by atoms with Gasteiger partial charge in [0.25, 0.3) is 0 Å². The van der Waals surface area contributed by atoms with Gasteiger partial charge in [0.15, 0.2) is 0 Å². The number of aromatic nitrogens is 1. The summed E-state index contributed by atoms with van der Waals surface area (Å²) in [5.41, 5.74) is 7.05. The van der Waals surface area contributed by atoms with E-state index >= 15 is 0 Å². The topological polar surface area (TPSA) is 68.0 Å². The number of hydrogen-bond donors (Lipinski definition) is 2. The second kappa shape index (κ2) is 6.08. The molecule has 2 rings (SSSR count). The smallest absolute Gasteiger partial charge is 0.221 e.